The van der Waals surface area contributed by atoms with Gasteiger partial charge in [-0.1, -0.05) is 0 Å². The van der Waals surface area contributed by atoms with E-state index < -0.39 is 72.2 Å². The Bertz CT molecular complexity index is 729. The molecule has 0 radical (unpaired) electrons. The van der Waals surface area contributed by atoms with Gasteiger partial charge in [0.1, 0.15) is 49.3 Å². The van der Waals surface area contributed by atoms with Gasteiger partial charge in [0, 0.05) is 7.11 Å². The fraction of sp³-hybridized carbons (Fsp3) is 1.00. The molecule has 4 saturated heterocycles. The molecule has 0 saturated carbocycles. The second-order valence-electron chi connectivity index (χ2n) is 10.5. The topological polar surface area (TPSA) is 144 Å². The Hall–Kier alpha value is -0.480. The van der Waals surface area contributed by atoms with Crippen molar-refractivity contribution in [1.82, 2.24) is 0 Å². The molecule has 0 aromatic heterocycles. The second-order valence-corrected chi connectivity index (χ2v) is 10.5. The van der Waals surface area contributed by atoms with Gasteiger partial charge in [0.2, 0.25) is 5.79 Å². The maximum Gasteiger partial charge on any atom is 0.224 e. The summed E-state index contributed by atoms with van der Waals surface area (Å²) in [4.78, 5) is 0. The maximum absolute atomic E-state index is 11.2. The molecular formula is C22H38O12. The van der Waals surface area contributed by atoms with Crippen molar-refractivity contribution >= 4 is 0 Å². The van der Waals surface area contributed by atoms with Gasteiger partial charge >= 0.3 is 0 Å². The molecule has 4 rings (SSSR count). The lowest BCUT2D eigenvalue weighted by Gasteiger charge is -2.53. The maximum atomic E-state index is 11.2. The van der Waals surface area contributed by atoms with Crippen molar-refractivity contribution in [1.29, 1.82) is 0 Å². The Balaban J connectivity index is 1.57. The summed E-state index contributed by atoms with van der Waals surface area (Å²) in [7, 11) is 1.50. The fourth-order valence-electron chi connectivity index (χ4n) is 4.46. The first-order valence-electron chi connectivity index (χ1n) is 11.6. The Morgan fingerprint density at radius 1 is 0.882 bits per heavy atom. The highest BCUT2D eigenvalue weighted by Gasteiger charge is 2.62. The van der Waals surface area contributed by atoms with E-state index in [2.05, 4.69) is 0 Å². The van der Waals surface area contributed by atoms with Gasteiger partial charge in [-0.2, -0.15) is 0 Å². The Morgan fingerprint density at radius 2 is 1.53 bits per heavy atom. The summed E-state index contributed by atoms with van der Waals surface area (Å²) < 4.78 is 52.6. The van der Waals surface area contributed by atoms with E-state index in [1.165, 1.54) is 7.11 Å². The molecule has 34 heavy (non-hydrogen) atoms. The zero-order valence-corrected chi connectivity index (χ0v) is 20.8. The number of hydrogen-bond acceptors (Lipinski definition) is 12. The van der Waals surface area contributed by atoms with Crippen LogP contribution in [0.5, 0.6) is 0 Å². The summed E-state index contributed by atoms with van der Waals surface area (Å²) in [5.74, 6) is -4.86. The largest absolute Gasteiger partial charge is 0.387 e. The molecule has 12 nitrogen and oxygen atoms in total. The second kappa shape index (κ2) is 9.12. The van der Waals surface area contributed by atoms with Gasteiger partial charge in [0.15, 0.2) is 23.7 Å². The summed E-state index contributed by atoms with van der Waals surface area (Å²) >= 11 is 0. The Kier molecular flexibility index (Phi) is 7.13. The molecule has 0 aromatic rings. The van der Waals surface area contributed by atoms with Crippen molar-refractivity contribution in [3.05, 3.63) is 0 Å². The Morgan fingerprint density at radius 3 is 2.21 bits per heavy atom. The van der Waals surface area contributed by atoms with Crippen molar-refractivity contribution in [3.8, 4) is 0 Å². The summed E-state index contributed by atoms with van der Waals surface area (Å²) in [6.45, 7) is 10.0. The van der Waals surface area contributed by atoms with E-state index in [0.717, 1.165) is 0 Å². The van der Waals surface area contributed by atoms with Crippen molar-refractivity contribution in [2.45, 2.75) is 114 Å². The van der Waals surface area contributed by atoms with E-state index in [4.69, 9.17) is 42.6 Å². The van der Waals surface area contributed by atoms with Crippen LogP contribution in [0, 0.1) is 0 Å². The summed E-state index contributed by atoms with van der Waals surface area (Å²) in [6.07, 6.45) is -8.56. The quantitative estimate of drug-likeness (QED) is 0.438. The van der Waals surface area contributed by atoms with Crippen molar-refractivity contribution < 1.29 is 58.0 Å². The van der Waals surface area contributed by atoms with Gasteiger partial charge in [0.05, 0.1) is 13.2 Å². The van der Waals surface area contributed by atoms with Gasteiger partial charge in [-0.3, -0.25) is 0 Å². The molecule has 0 unspecified atom stereocenters. The fourth-order valence-corrected chi connectivity index (χ4v) is 4.46. The third-order valence-corrected chi connectivity index (χ3v) is 6.58. The molecule has 0 bridgehead atoms. The van der Waals surface area contributed by atoms with E-state index in [-0.39, 0.29) is 19.8 Å². The first-order chi connectivity index (χ1) is 15.7. The molecule has 0 aliphatic carbocycles. The van der Waals surface area contributed by atoms with Crippen LogP contribution in [0.2, 0.25) is 0 Å². The number of fused-ring (bicyclic) bond motifs is 2. The molecule has 9 atom stereocenters. The molecule has 1 spiro atoms. The lowest BCUT2D eigenvalue weighted by atomic mass is 9.96. The van der Waals surface area contributed by atoms with Crippen LogP contribution in [0.1, 0.15) is 41.5 Å². The summed E-state index contributed by atoms with van der Waals surface area (Å²) in [5, 5.41) is 32.9. The number of methoxy groups -OCH3 is 1. The zero-order chi connectivity index (χ0) is 25.1. The highest BCUT2D eigenvalue weighted by molar-refractivity contribution is 5.01. The molecule has 4 aliphatic rings. The average Bonchev–Trinajstić information content (AvgIpc) is 2.98. The number of ether oxygens (including phenoxy) is 9. The van der Waals surface area contributed by atoms with Gasteiger partial charge in [-0.05, 0) is 41.5 Å². The van der Waals surface area contributed by atoms with E-state index in [1.54, 1.807) is 41.5 Å². The van der Waals surface area contributed by atoms with Crippen molar-refractivity contribution in [3.63, 3.8) is 0 Å². The molecule has 4 heterocycles. The molecule has 0 aromatic carbocycles. The van der Waals surface area contributed by atoms with Crippen LogP contribution in [-0.4, -0.2) is 114 Å². The third kappa shape index (κ3) is 5.15. The predicted octanol–water partition coefficient (Wildman–Crippen LogP) is -0.392. The van der Waals surface area contributed by atoms with Gasteiger partial charge < -0.3 is 58.0 Å². The van der Waals surface area contributed by atoms with Gasteiger partial charge in [0.25, 0.3) is 0 Å². The third-order valence-electron chi connectivity index (χ3n) is 6.58. The highest BCUT2D eigenvalue weighted by atomic mass is 16.8. The van der Waals surface area contributed by atoms with Crippen molar-refractivity contribution in [2.24, 2.45) is 0 Å². The van der Waals surface area contributed by atoms with Crippen LogP contribution < -0.4 is 0 Å². The first-order valence-corrected chi connectivity index (χ1v) is 11.6. The Labute approximate surface area is 199 Å². The molecule has 12 heteroatoms. The lowest BCUT2D eigenvalue weighted by molar-refractivity contribution is -0.454. The van der Waals surface area contributed by atoms with Crippen LogP contribution in [0.15, 0.2) is 0 Å². The minimum Gasteiger partial charge on any atom is -0.387 e. The van der Waals surface area contributed by atoms with E-state index in [9.17, 15) is 15.3 Å². The highest BCUT2D eigenvalue weighted by Crippen LogP contribution is 2.42. The molecule has 4 aliphatic heterocycles. The summed E-state index contributed by atoms with van der Waals surface area (Å²) in [6, 6.07) is 0. The van der Waals surface area contributed by atoms with Gasteiger partial charge in [-0.15, -0.1) is 0 Å². The SMILES string of the molecule is COC(C)(C)OC[C@H]1O[C@]2(COC(C)(C)O[C@H]3[C@H](O[C@@H]4COC(C)(C)O[C@H]4[C@@H]3O)O2)[C@@H](O)[C@@H]1O. The van der Waals surface area contributed by atoms with Crippen LogP contribution >= 0.6 is 0 Å². The minimum absolute atomic E-state index is 0.0802. The first kappa shape index (κ1) is 26.6. The number of aliphatic hydroxyl groups is 3. The standard InChI is InChI=1S/C22H38O12/c1-19(2,26-7)27-8-11-13(23)17(25)22(31-11)10-29-21(5,6)33-16-14(24)15-12(30-18(16)34-22)9-28-20(3,4)32-15/h11-18,23-25H,8-10H2,1-7H3/t11-,12-,13-,14+,15-,16-,17+,18-,22+/m1/s1. The molecule has 198 valence electrons. The normalized spacial score (nSPS) is 46.4. The number of rotatable bonds is 4. The molecule has 3 N–H and O–H groups in total. The van der Waals surface area contributed by atoms with Crippen LogP contribution in [0.4, 0.5) is 0 Å². The van der Waals surface area contributed by atoms with E-state index >= 15 is 0 Å². The number of hydrogen-bond donors (Lipinski definition) is 3. The van der Waals surface area contributed by atoms with E-state index in [0.29, 0.717) is 0 Å². The predicted molar refractivity (Wildman–Crippen MR) is 112 cm³/mol. The van der Waals surface area contributed by atoms with Gasteiger partial charge in [-0.25, -0.2) is 0 Å². The summed E-state index contributed by atoms with van der Waals surface area (Å²) in [5.41, 5.74) is 0. The zero-order valence-electron chi connectivity index (χ0n) is 20.8. The van der Waals surface area contributed by atoms with Crippen LogP contribution in [0.25, 0.3) is 0 Å². The lowest BCUT2D eigenvalue weighted by Crippen LogP contribution is -2.69. The average molecular weight is 495 g/mol. The van der Waals surface area contributed by atoms with Crippen LogP contribution in [-0.2, 0) is 42.6 Å². The van der Waals surface area contributed by atoms with Crippen LogP contribution in [0.3, 0.4) is 0 Å². The van der Waals surface area contributed by atoms with E-state index in [1.807, 2.05) is 0 Å². The number of aliphatic hydroxyl groups excluding tert-OH is 3. The minimum atomic E-state index is -1.81. The molecule has 4 fully saturated rings. The molecular weight excluding hydrogens is 456 g/mol. The monoisotopic (exact) mass is 494 g/mol. The smallest absolute Gasteiger partial charge is 0.224 e. The molecule has 0 amide bonds. The van der Waals surface area contributed by atoms with Crippen molar-refractivity contribution in [2.75, 3.05) is 26.9 Å².